The van der Waals surface area contributed by atoms with Crippen molar-refractivity contribution in [2.75, 3.05) is 13.2 Å². The van der Waals surface area contributed by atoms with E-state index < -0.39 is 18.0 Å². The van der Waals surface area contributed by atoms with Crippen LogP contribution in [0.2, 0.25) is 0 Å². The number of esters is 2. The van der Waals surface area contributed by atoms with Gasteiger partial charge in [-0.25, -0.2) is 9.59 Å². The Bertz CT molecular complexity index is 1000. The third kappa shape index (κ3) is 16.4. The van der Waals surface area contributed by atoms with E-state index in [-0.39, 0.29) is 0 Å². The van der Waals surface area contributed by atoms with E-state index in [0.29, 0.717) is 36.2 Å². The number of hydrogen-bond acceptors (Lipinski definition) is 6. The molecule has 0 bridgehead atoms. The summed E-state index contributed by atoms with van der Waals surface area (Å²) in [5.41, 5.74) is 0.446. The molecule has 6 heteroatoms. The third-order valence-electron chi connectivity index (χ3n) is 7.74. The molecule has 0 saturated carbocycles. The monoisotopic (exact) mass is 596 g/mol. The van der Waals surface area contributed by atoms with E-state index in [1.165, 1.54) is 83.5 Å². The summed E-state index contributed by atoms with van der Waals surface area (Å²) in [5, 5.41) is 0. The van der Waals surface area contributed by atoms with Crippen LogP contribution in [-0.4, -0.2) is 31.3 Å². The summed E-state index contributed by atoms with van der Waals surface area (Å²) < 4.78 is 22.3. The lowest BCUT2D eigenvalue weighted by molar-refractivity contribution is -0.152. The quantitative estimate of drug-likeness (QED) is 0.0682. The van der Waals surface area contributed by atoms with E-state index in [4.69, 9.17) is 18.9 Å². The zero-order valence-corrected chi connectivity index (χ0v) is 27.2. The highest BCUT2D eigenvalue weighted by molar-refractivity contribution is 5.91. The van der Waals surface area contributed by atoms with Crippen LogP contribution in [0, 0.1) is 5.92 Å². The Morgan fingerprint density at radius 2 is 1.12 bits per heavy atom. The minimum Gasteiger partial charge on any atom is -0.494 e. The Labute approximate surface area is 260 Å². The van der Waals surface area contributed by atoms with Crippen LogP contribution in [0.1, 0.15) is 134 Å². The topological polar surface area (TPSA) is 71.1 Å². The highest BCUT2D eigenvalue weighted by Gasteiger charge is 2.17. The van der Waals surface area contributed by atoms with Crippen LogP contribution in [0.15, 0.2) is 48.5 Å². The van der Waals surface area contributed by atoms with Gasteiger partial charge < -0.3 is 18.9 Å². The number of rotatable bonds is 24. The molecule has 2 atom stereocenters. The lowest BCUT2D eigenvalue weighted by Gasteiger charge is -2.16. The Morgan fingerprint density at radius 3 is 1.65 bits per heavy atom. The minimum atomic E-state index is -0.729. The first-order valence-corrected chi connectivity index (χ1v) is 16.8. The Kier molecular flexibility index (Phi) is 18.9. The van der Waals surface area contributed by atoms with Crippen LogP contribution in [0.5, 0.6) is 17.2 Å². The summed E-state index contributed by atoms with van der Waals surface area (Å²) in [6.07, 6.45) is 18.9. The van der Waals surface area contributed by atoms with Crippen molar-refractivity contribution in [1.29, 1.82) is 0 Å². The predicted octanol–water partition coefficient (Wildman–Crippen LogP) is 10.1. The second kappa shape index (κ2) is 22.5. The first-order chi connectivity index (χ1) is 20.9. The van der Waals surface area contributed by atoms with Crippen LogP contribution in [0.25, 0.3) is 0 Å². The first kappa shape index (κ1) is 36.2. The molecule has 240 valence electrons. The Hall–Kier alpha value is -3.02. The Morgan fingerprint density at radius 1 is 0.628 bits per heavy atom. The largest absolute Gasteiger partial charge is 0.494 e. The molecule has 2 aromatic rings. The average molecular weight is 597 g/mol. The van der Waals surface area contributed by atoms with Gasteiger partial charge in [0.25, 0.3) is 0 Å². The highest BCUT2D eigenvalue weighted by Crippen LogP contribution is 2.21. The first-order valence-electron chi connectivity index (χ1n) is 16.8. The van der Waals surface area contributed by atoms with E-state index in [9.17, 15) is 9.59 Å². The molecule has 0 amide bonds. The van der Waals surface area contributed by atoms with Crippen molar-refractivity contribution < 1.29 is 28.5 Å². The van der Waals surface area contributed by atoms with E-state index in [1.54, 1.807) is 55.5 Å². The van der Waals surface area contributed by atoms with Gasteiger partial charge in [0.2, 0.25) is 0 Å². The molecule has 0 aliphatic rings. The summed E-state index contributed by atoms with van der Waals surface area (Å²) in [6.45, 7) is 9.07. The molecule has 0 radical (unpaired) electrons. The van der Waals surface area contributed by atoms with Gasteiger partial charge in [-0.1, -0.05) is 111 Å². The van der Waals surface area contributed by atoms with E-state index in [0.717, 1.165) is 18.6 Å². The van der Waals surface area contributed by atoms with Gasteiger partial charge in [-0.05, 0) is 67.8 Å². The molecule has 6 nitrogen and oxygen atoms in total. The zero-order valence-electron chi connectivity index (χ0n) is 27.2. The fourth-order valence-corrected chi connectivity index (χ4v) is 4.64. The molecule has 0 aliphatic heterocycles. The molecule has 0 aromatic heterocycles. The van der Waals surface area contributed by atoms with Crippen LogP contribution in [-0.2, 0) is 9.53 Å². The van der Waals surface area contributed by atoms with Crippen molar-refractivity contribution in [3.63, 3.8) is 0 Å². The van der Waals surface area contributed by atoms with Crippen molar-refractivity contribution in [3.05, 3.63) is 54.1 Å². The molecule has 0 fully saturated rings. The maximum Gasteiger partial charge on any atom is 0.347 e. The fraction of sp³-hybridized carbons (Fsp3) is 0.622. The van der Waals surface area contributed by atoms with E-state index in [1.807, 2.05) is 6.92 Å². The number of carbonyl (C=O) groups excluding carboxylic acids is 2. The predicted molar refractivity (Wildman–Crippen MR) is 174 cm³/mol. The summed E-state index contributed by atoms with van der Waals surface area (Å²) in [4.78, 5) is 24.7. The maximum absolute atomic E-state index is 12.6. The normalized spacial score (nSPS) is 12.4. The molecule has 0 N–H and O–H groups in total. The number of hydrogen-bond donors (Lipinski definition) is 0. The standard InChI is InChI=1S/C37H56O6/c1-5-7-8-9-10-11-12-13-14-15-16-17-18-19-28-40-33-22-20-32(21-23-33)37(39)43-35-26-24-34(25-27-35)42-31(4)36(38)41-29-30(3)6-2/h20-27,30-31H,5-19,28-29H2,1-4H3/t30-,31-/m0/s1. The third-order valence-corrected chi connectivity index (χ3v) is 7.74. The van der Waals surface area contributed by atoms with Gasteiger partial charge in [-0.2, -0.15) is 0 Å². The van der Waals surface area contributed by atoms with Gasteiger partial charge >= 0.3 is 11.9 Å². The lowest BCUT2D eigenvalue weighted by Crippen LogP contribution is -2.27. The number of carbonyl (C=O) groups is 2. The number of unbranched alkanes of at least 4 members (excludes halogenated alkanes) is 13. The van der Waals surface area contributed by atoms with Crippen molar-refractivity contribution in [2.45, 2.75) is 130 Å². The lowest BCUT2D eigenvalue weighted by atomic mass is 10.0. The molecule has 2 rings (SSSR count). The molecule has 0 unspecified atom stereocenters. The van der Waals surface area contributed by atoms with E-state index in [2.05, 4.69) is 13.8 Å². The van der Waals surface area contributed by atoms with Crippen LogP contribution >= 0.6 is 0 Å². The second-order valence-corrected chi connectivity index (χ2v) is 11.7. The molecular formula is C37H56O6. The van der Waals surface area contributed by atoms with E-state index >= 15 is 0 Å². The fourth-order valence-electron chi connectivity index (χ4n) is 4.64. The molecule has 43 heavy (non-hydrogen) atoms. The Balaban J connectivity index is 1.56. The second-order valence-electron chi connectivity index (χ2n) is 11.7. The molecule has 0 spiro atoms. The molecule has 2 aromatic carbocycles. The molecule has 0 aliphatic carbocycles. The summed E-state index contributed by atoms with van der Waals surface area (Å²) in [6, 6.07) is 13.6. The summed E-state index contributed by atoms with van der Waals surface area (Å²) in [7, 11) is 0. The van der Waals surface area contributed by atoms with Crippen LogP contribution in [0.4, 0.5) is 0 Å². The van der Waals surface area contributed by atoms with Gasteiger partial charge in [0.1, 0.15) is 17.2 Å². The van der Waals surface area contributed by atoms with Gasteiger partial charge in [0.15, 0.2) is 6.10 Å². The SMILES string of the molecule is CCCCCCCCCCCCCCCCOc1ccc(C(=O)Oc2ccc(O[C@@H](C)C(=O)OC[C@@H](C)CC)cc2)cc1. The van der Waals surface area contributed by atoms with Crippen molar-refractivity contribution in [2.24, 2.45) is 5.92 Å². The smallest absolute Gasteiger partial charge is 0.347 e. The minimum absolute atomic E-state index is 0.313. The summed E-state index contributed by atoms with van der Waals surface area (Å²) in [5.74, 6) is 1.10. The molecule has 0 heterocycles. The van der Waals surface area contributed by atoms with Gasteiger partial charge in [-0.15, -0.1) is 0 Å². The summed E-state index contributed by atoms with van der Waals surface area (Å²) >= 11 is 0. The number of benzene rings is 2. The average Bonchev–Trinajstić information content (AvgIpc) is 3.02. The van der Waals surface area contributed by atoms with Crippen LogP contribution in [0.3, 0.4) is 0 Å². The van der Waals surface area contributed by atoms with Gasteiger partial charge in [0.05, 0.1) is 18.8 Å². The number of ether oxygens (including phenoxy) is 4. The van der Waals surface area contributed by atoms with Gasteiger partial charge in [0, 0.05) is 0 Å². The molecule has 0 saturated heterocycles. The van der Waals surface area contributed by atoms with Crippen molar-refractivity contribution in [3.8, 4) is 17.2 Å². The maximum atomic E-state index is 12.6. The zero-order chi connectivity index (χ0) is 31.1. The van der Waals surface area contributed by atoms with Crippen molar-refractivity contribution >= 4 is 11.9 Å². The van der Waals surface area contributed by atoms with Gasteiger partial charge in [-0.3, -0.25) is 0 Å². The van der Waals surface area contributed by atoms with Crippen LogP contribution < -0.4 is 14.2 Å². The molecular weight excluding hydrogens is 540 g/mol. The van der Waals surface area contributed by atoms with Crippen molar-refractivity contribution in [1.82, 2.24) is 0 Å². The highest BCUT2D eigenvalue weighted by atomic mass is 16.6.